The number of pyridine rings is 1. The highest BCUT2D eigenvalue weighted by Gasteiger charge is 2.50. The van der Waals surface area contributed by atoms with E-state index in [1.165, 1.54) is 5.56 Å². The van der Waals surface area contributed by atoms with Gasteiger partial charge in [0.25, 0.3) is 5.91 Å². The van der Waals surface area contributed by atoms with Crippen LogP contribution in [0.4, 0.5) is 0 Å². The fourth-order valence-electron chi connectivity index (χ4n) is 5.06. The molecule has 13 heteroatoms. The molecule has 3 aromatic rings. The first kappa shape index (κ1) is 36.4. The van der Waals surface area contributed by atoms with Crippen LogP contribution in [0.5, 0.6) is 0 Å². The fraction of sp³-hybridized carbons (Fsp3) is 0.486. The van der Waals surface area contributed by atoms with E-state index in [0.29, 0.717) is 44.1 Å². The van der Waals surface area contributed by atoms with Crippen molar-refractivity contribution < 1.29 is 33.2 Å². The molecule has 258 valence electrons. The molecule has 3 amide bonds. The van der Waals surface area contributed by atoms with Gasteiger partial charge in [0.15, 0.2) is 17.2 Å². The number of hydrogen-bond donors (Lipinski definition) is 3. The number of Topliss-reactive ketones (excluding diaryl/α,β-unsaturated/α-hetero) is 1. The smallest absolute Gasteiger partial charge is 0.274 e. The van der Waals surface area contributed by atoms with Gasteiger partial charge in [0, 0.05) is 38.0 Å². The number of epoxide rings is 1. The van der Waals surface area contributed by atoms with Crippen molar-refractivity contribution in [2.75, 3.05) is 39.5 Å². The minimum absolute atomic E-state index is 0.0424. The third-order valence-corrected chi connectivity index (χ3v) is 7.88. The summed E-state index contributed by atoms with van der Waals surface area (Å²) in [6.45, 7) is 10.9. The maximum Gasteiger partial charge on any atom is 0.274 e. The SMILES string of the molecule is CC(C)C[C@H](NC(=O)CNC(=O)[C@H](Cc1cccnc1)NC(=O)c1cc(CN2CCOCC2)on1)C(=O)[C@@]1(C)CO1.Cc1ccccc1. The van der Waals surface area contributed by atoms with Gasteiger partial charge in [0.2, 0.25) is 11.8 Å². The van der Waals surface area contributed by atoms with Crippen LogP contribution in [0.25, 0.3) is 0 Å². The molecule has 3 N–H and O–H groups in total. The van der Waals surface area contributed by atoms with E-state index < -0.39 is 35.4 Å². The number of carbonyl (C=O) groups excluding carboxylic acids is 4. The zero-order valence-electron chi connectivity index (χ0n) is 28.1. The third kappa shape index (κ3) is 11.7. The Bertz CT molecular complexity index is 1490. The van der Waals surface area contributed by atoms with Crippen molar-refractivity contribution in [1.29, 1.82) is 0 Å². The number of amides is 3. The van der Waals surface area contributed by atoms with E-state index in [0.717, 1.165) is 13.1 Å². The number of hydrogen-bond acceptors (Lipinski definition) is 10. The van der Waals surface area contributed by atoms with Crippen LogP contribution in [-0.2, 0) is 36.8 Å². The molecular weight excluding hydrogens is 616 g/mol. The van der Waals surface area contributed by atoms with E-state index in [2.05, 4.69) is 50.0 Å². The number of nitrogens with zero attached hydrogens (tertiary/aromatic N) is 3. The molecule has 48 heavy (non-hydrogen) atoms. The monoisotopic (exact) mass is 662 g/mol. The maximum atomic E-state index is 13.2. The van der Waals surface area contributed by atoms with Gasteiger partial charge in [-0.1, -0.05) is 61.0 Å². The summed E-state index contributed by atoms with van der Waals surface area (Å²) < 4.78 is 16.0. The molecule has 0 spiro atoms. The summed E-state index contributed by atoms with van der Waals surface area (Å²) in [4.78, 5) is 58.0. The highest BCUT2D eigenvalue weighted by atomic mass is 16.6. The third-order valence-electron chi connectivity index (χ3n) is 7.88. The lowest BCUT2D eigenvalue weighted by molar-refractivity contribution is -0.131. The lowest BCUT2D eigenvalue weighted by Gasteiger charge is -2.25. The van der Waals surface area contributed by atoms with E-state index in [4.69, 9.17) is 14.0 Å². The van der Waals surface area contributed by atoms with Crippen LogP contribution in [-0.4, -0.2) is 95.7 Å². The first-order valence-electron chi connectivity index (χ1n) is 16.2. The van der Waals surface area contributed by atoms with Crippen molar-refractivity contribution in [3.8, 4) is 0 Å². The summed E-state index contributed by atoms with van der Waals surface area (Å²) in [7, 11) is 0. The molecule has 3 atom stereocenters. The van der Waals surface area contributed by atoms with Crippen molar-refractivity contribution >= 4 is 23.5 Å². The molecule has 0 saturated carbocycles. The Morgan fingerprint density at radius 1 is 1.00 bits per heavy atom. The number of nitrogens with one attached hydrogen (secondary N) is 3. The van der Waals surface area contributed by atoms with Crippen LogP contribution in [0.3, 0.4) is 0 Å². The lowest BCUT2D eigenvalue weighted by Crippen LogP contribution is -2.52. The van der Waals surface area contributed by atoms with Crippen molar-refractivity contribution in [2.45, 2.75) is 64.8 Å². The Morgan fingerprint density at radius 3 is 2.33 bits per heavy atom. The maximum absolute atomic E-state index is 13.2. The summed E-state index contributed by atoms with van der Waals surface area (Å²) in [6.07, 6.45) is 3.78. The number of ketones is 1. The van der Waals surface area contributed by atoms with Crippen molar-refractivity contribution in [2.24, 2.45) is 5.92 Å². The van der Waals surface area contributed by atoms with E-state index in [-0.39, 0.29) is 30.4 Å². The zero-order chi connectivity index (χ0) is 34.5. The van der Waals surface area contributed by atoms with Crippen LogP contribution in [0, 0.1) is 12.8 Å². The van der Waals surface area contributed by atoms with Crippen LogP contribution in [0.1, 0.15) is 54.6 Å². The number of benzene rings is 1. The van der Waals surface area contributed by atoms with Gasteiger partial charge in [-0.25, -0.2) is 0 Å². The molecule has 0 bridgehead atoms. The van der Waals surface area contributed by atoms with Crippen molar-refractivity contribution in [1.82, 2.24) is 31.0 Å². The topological polar surface area (TPSA) is 168 Å². The molecule has 5 rings (SSSR count). The highest BCUT2D eigenvalue weighted by Crippen LogP contribution is 2.29. The minimum Gasteiger partial charge on any atom is -0.379 e. The quantitative estimate of drug-likeness (QED) is 0.218. The number of aryl methyl sites for hydroxylation is 1. The number of morpholine rings is 1. The van der Waals surface area contributed by atoms with Crippen LogP contribution < -0.4 is 16.0 Å². The van der Waals surface area contributed by atoms with E-state index in [1.54, 1.807) is 37.5 Å². The molecule has 0 unspecified atom stereocenters. The molecule has 13 nitrogen and oxygen atoms in total. The average molecular weight is 663 g/mol. The average Bonchev–Trinajstić information content (AvgIpc) is 3.66. The Labute approximate surface area is 281 Å². The molecular formula is C35H46N6O7. The molecule has 2 aliphatic heterocycles. The van der Waals surface area contributed by atoms with Gasteiger partial charge in [0.05, 0.1) is 39.0 Å². The first-order valence-corrected chi connectivity index (χ1v) is 16.2. The Morgan fingerprint density at radius 2 is 1.73 bits per heavy atom. The molecule has 2 fully saturated rings. The van der Waals surface area contributed by atoms with E-state index in [9.17, 15) is 19.2 Å². The lowest BCUT2D eigenvalue weighted by atomic mass is 9.93. The zero-order valence-corrected chi connectivity index (χ0v) is 28.1. The number of aromatic nitrogens is 2. The highest BCUT2D eigenvalue weighted by molar-refractivity contribution is 5.98. The van der Waals surface area contributed by atoms with E-state index >= 15 is 0 Å². The number of rotatable bonds is 14. The normalized spacial score (nSPS) is 18.5. The summed E-state index contributed by atoms with van der Waals surface area (Å²) in [5.41, 5.74) is 1.20. The summed E-state index contributed by atoms with van der Waals surface area (Å²) in [5, 5.41) is 11.9. The molecule has 1 aromatic carbocycles. The minimum atomic E-state index is -1.02. The number of carbonyl (C=O) groups is 4. The second kappa shape index (κ2) is 17.6. The molecule has 4 heterocycles. The fourth-order valence-corrected chi connectivity index (χ4v) is 5.06. The molecule has 2 aliphatic rings. The van der Waals surface area contributed by atoms with Gasteiger partial charge in [-0.05, 0) is 37.8 Å². The standard InChI is InChI=1S/C28H38N6O7.C7H8/c1-18(2)11-21(25(36)28(3)17-40-28)31-24(35)15-30-26(37)22(12-19-5-4-6-29-14-19)32-27(38)23-13-20(41-33-23)16-34-7-9-39-10-8-34;1-7-5-3-2-4-6-7/h4-6,13-14,18,21-22H,7-12,15-17H2,1-3H3,(H,30,37)(H,31,35)(H,32,38);2-6H,1H3/t21-,22-,28+;/m0./s1. The molecule has 2 aromatic heterocycles. The van der Waals surface area contributed by atoms with Gasteiger partial charge >= 0.3 is 0 Å². The van der Waals surface area contributed by atoms with Crippen LogP contribution in [0.15, 0.2) is 65.4 Å². The second-order valence-corrected chi connectivity index (χ2v) is 12.7. The second-order valence-electron chi connectivity index (χ2n) is 12.7. The van der Waals surface area contributed by atoms with Gasteiger partial charge in [-0.3, -0.25) is 29.1 Å². The van der Waals surface area contributed by atoms with Crippen molar-refractivity contribution in [3.63, 3.8) is 0 Å². The summed E-state index contributed by atoms with van der Waals surface area (Å²) in [5.74, 6) is -1.18. The predicted octanol–water partition coefficient (Wildman–Crippen LogP) is 2.24. The molecule has 0 aliphatic carbocycles. The Hall–Kier alpha value is -4.46. The van der Waals surface area contributed by atoms with Crippen LogP contribution >= 0.6 is 0 Å². The van der Waals surface area contributed by atoms with Gasteiger partial charge in [-0.2, -0.15) is 0 Å². The van der Waals surface area contributed by atoms with Crippen molar-refractivity contribution in [3.05, 3.63) is 83.5 Å². The van der Waals surface area contributed by atoms with Gasteiger partial charge in [-0.15, -0.1) is 0 Å². The molecule has 0 radical (unpaired) electrons. The first-order chi connectivity index (χ1) is 23.0. The largest absolute Gasteiger partial charge is 0.379 e. The Balaban J connectivity index is 0.000000659. The summed E-state index contributed by atoms with van der Waals surface area (Å²) in [6, 6.07) is 13.6. The van der Waals surface area contributed by atoms with E-state index in [1.807, 2.05) is 32.0 Å². The predicted molar refractivity (Wildman–Crippen MR) is 177 cm³/mol. The summed E-state index contributed by atoms with van der Waals surface area (Å²) >= 11 is 0. The number of ether oxygens (including phenoxy) is 2. The van der Waals surface area contributed by atoms with Gasteiger partial charge in [0.1, 0.15) is 11.6 Å². The van der Waals surface area contributed by atoms with Crippen LogP contribution in [0.2, 0.25) is 0 Å². The van der Waals surface area contributed by atoms with Gasteiger partial charge < -0.3 is 29.9 Å². The molecule has 2 saturated heterocycles. The Kier molecular flexibility index (Phi) is 13.4.